The smallest absolute Gasteiger partial charge is 0.340 e. The predicted octanol–water partition coefficient (Wildman–Crippen LogP) is 5.32. The number of carboxylic acids is 1. The number of fused-ring (bicyclic) bond motifs is 2. The van der Waals surface area contributed by atoms with E-state index < -0.39 is 23.8 Å². The minimum absolute atomic E-state index is 0.0248. The number of anilines is 1. The van der Waals surface area contributed by atoms with Crippen LogP contribution >= 0.6 is 11.3 Å². The molecule has 6 nitrogen and oxygen atoms in total. The summed E-state index contributed by atoms with van der Waals surface area (Å²) in [6.07, 6.45) is 1.62. The van der Waals surface area contributed by atoms with E-state index in [1.807, 2.05) is 51.1 Å². The maximum absolute atomic E-state index is 13.5. The van der Waals surface area contributed by atoms with E-state index in [1.165, 1.54) is 18.4 Å². The second-order valence-corrected chi connectivity index (χ2v) is 10.2. The number of methoxy groups -OCH3 is 1. The Balaban J connectivity index is 1.66. The van der Waals surface area contributed by atoms with Crippen LogP contribution in [-0.2, 0) is 14.3 Å². The standard InChI is InChI=1S/C26H29NO5S/c1-13(2)20-16-10-11-17(20)22(25(29)30)21(16)23(28)27-24-18(26(31)32-4)12-19(33-24)14(3)15-8-6-5-7-9-15/h5-9,12,14,16-17,21-22H,10-11H2,1-4H3,(H,27,28)(H,29,30)/t14-,16+,17+,21+,22-/m0/s1. The summed E-state index contributed by atoms with van der Waals surface area (Å²) >= 11 is 1.34. The molecule has 5 atom stereocenters. The third-order valence-electron chi connectivity index (χ3n) is 7.13. The van der Waals surface area contributed by atoms with Gasteiger partial charge in [-0.1, -0.05) is 48.4 Å². The quantitative estimate of drug-likeness (QED) is 0.443. The number of carbonyl (C=O) groups is 3. The van der Waals surface area contributed by atoms with Gasteiger partial charge in [-0.15, -0.1) is 11.3 Å². The van der Waals surface area contributed by atoms with Gasteiger partial charge in [-0.25, -0.2) is 4.79 Å². The Morgan fingerprint density at radius 1 is 1.09 bits per heavy atom. The molecule has 2 aliphatic carbocycles. The lowest BCUT2D eigenvalue weighted by Crippen LogP contribution is -2.37. The number of hydrogen-bond acceptors (Lipinski definition) is 5. The van der Waals surface area contributed by atoms with Crippen molar-refractivity contribution < 1.29 is 24.2 Å². The monoisotopic (exact) mass is 467 g/mol. The van der Waals surface area contributed by atoms with Crippen LogP contribution in [0.15, 0.2) is 47.5 Å². The van der Waals surface area contributed by atoms with Crippen molar-refractivity contribution in [3.8, 4) is 0 Å². The van der Waals surface area contributed by atoms with E-state index in [4.69, 9.17) is 4.74 Å². The molecule has 174 valence electrons. The SMILES string of the molecule is COC(=O)c1cc([C@@H](C)c2ccccc2)sc1NC(=O)[C@H]1[C@@H](C(=O)O)[C@@H]2CC[C@@H]1C2=C(C)C. The third kappa shape index (κ3) is 4.10. The van der Waals surface area contributed by atoms with E-state index in [2.05, 4.69) is 5.32 Å². The third-order valence-corrected chi connectivity index (χ3v) is 8.36. The van der Waals surface area contributed by atoms with Crippen molar-refractivity contribution in [3.63, 3.8) is 0 Å². The second-order valence-electron chi connectivity index (χ2n) is 9.14. The summed E-state index contributed by atoms with van der Waals surface area (Å²) in [4.78, 5) is 39.0. The van der Waals surface area contributed by atoms with Gasteiger partial charge >= 0.3 is 11.9 Å². The van der Waals surface area contributed by atoms with Crippen LogP contribution in [0.2, 0.25) is 0 Å². The van der Waals surface area contributed by atoms with Crippen LogP contribution in [0.5, 0.6) is 0 Å². The van der Waals surface area contributed by atoms with Crippen molar-refractivity contribution in [2.45, 2.75) is 39.5 Å². The molecule has 0 spiro atoms. The van der Waals surface area contributed by atoms with Crippen LogP contribution in [0.4, 0.5) is 5.00 Å². The van der Waals surface area contributed by atoms with Crippen molar-refractivity contribution >= 4 is 34.2 Å². The fraction of sp³-hybridized carbons (Fsp3) is 0.423. The fourth-order valence-electron chi connectivity index (χ4n) is 5.68. The zero-order valence-electron chi connectivity index (χ0n) is 19.3. The number of amides is 1. The van der Waals surface area contributed by atoms with E-state index in [1.54, 1.807) is 6.07 Å². The first-order chi connectivity index (χ1) is 15.7. The number of carbonyl (C=O) groups excluding carboxylic acids is 2. The molecule has 1 amide bonds. The van der Waals surface area contributed by atoms with E-state index in [-0.39, 0.29) is 23.7 Å². The second kappa shape index (κ2) is 9.14. The number of thiophene rings is 1. The van der Waals surface area contributed by atoms with Gasteiger partial charge in [-0.05, 0) is 50.2 Å². The number of benzene rings is 1. The van der Waals surface area contributed by atoms with Crippen molar-refractivity contribution in [2.24, 2.45) is 23.7 Å². The Hall–Kier alpha value is -2.93. The van der Waals surface area contributed by atoms with E-state index in [0.717, 1.165) is 34.4 Å². The Bertz CT molecular complexity index is 1110. The van der Waals surface area contributed by atoms with Crippen molar-refractivity contribution in [1.82, 2.24) is 0 Å². The lowest BCUT2D eigenvalue weighted by molar-refractivity contribution is -0.148. The highest BCUT2D eigenvalue weighted by Gasteiger charge is 2.57. The number of hydrogen-bond donors (Lipinski definition) is 2. The number of esters is 1. The molecule has 2 fully saturated rings. The first-order valence-corrected chi connectivity index (χ1v) is 12.0. The number of nitrogens with one attached hydrogen (secondary N) is 1. The summed E-state index contributed by atoms with van der Waals surface area (Å²) in [6, 6.07) is 11.7. The number of rotatable bonds is 6. The Labute approximate surface area is 197 Å². The minimum Gasteiger partial charge on any atom is -0.481 e. The van der Waals surface area contributed by atoms with Crippen LogP contribution in [0.3, 0.4) is 0 Å². The first-order valence-electron chi connectivity index (χ1n) is 11.2. The van der Waals surface area contributed by atoms with Gasteiger partial charge in [0.2, 0.25) is 5.91 Å². The van der Waals surface area contributed by atoms with E-state index in [0.29, 0.717) is 10.6 Å². The molecule has 0 radical (unpaired) electrons. The molecule has 2 N–H and O–H groups in total. The molecule has 2 bridgehead atoms. The van der Waals surface area contributed by atoms with E-state index >= 15 is 0 Å². The number of aliphatic carboxylic acids is 1. The molecule has 1 heterocycles. The van der Waals surface area contributed by atoms with Crippen LogP contribution in [0, 0.1) is 23.7 Å². The Kier molecular flexibility index (Phi) is 6.43. The van der Waals surface area contributed by atoms with Crippen LogP contribution < -0.4 is 5.32 Å². The average molecular weight is 468 g/mol. The summed E-state index contributed by atoms with van der Waals surface area (Å²) in [5, 5.41) is 13.3. The number of carboxylic acid groups (broad SMARTS) is 1. The van der Waals surface area contributed by atoms with Gasteiger partial charge in [-0.2, -0.15) is 0 Å². The zero-order valence-corrected chi connectivity index (χ0v) is 20.1. The van der Waals surface area contributed by atoms with Crippen molar-refractivity contribution in [2.75, 3.05) is 12.4 Å². The number of allylic oxidation sites excluding steroid dienone is 2. The fourth-order valence-corrected chi connectivity index (χ4v) is 6.81. The molecule has 2 aliphatic rings. The summed E-state index contributed by atoms with van der Waals surface area (Å²) < 4.78 is 4.95. The maximum Gasteiger partial charge on any atom is 0.340 e. The Morgan fingerprint density at radius 2 is 1.73 bits per heavy atom. The van der Waals surface area contributed by atoms with Crippen LogP contribution in [0.1, 0.15) is 60.3 Å². The summed E-state index contributed by atoms with van der Waals surface area (Å²) in [5.74, 6) is -3.31. The lowest BCUT2D eigenvalue weighted by atomic mass is 9.79. The highest BCUT2D eigenvalue weighted by atomic mass is 32.1. The molecule has 33 heavy (non-hydrogen) atoms. The predicted molar refractivity (Wildman–Crippen MR) is 127 cm³/mol. The largest absolute Gasteiger partial charge is 0.481 e. The Morgan fingerprint density at radius 3 is 2.30 bits per heavy atom. The number of ether oxygens (including phenoxy) is 1. The van der Waals surface area contributed by atoms with Gasteiger partial charge in [0, 0.05) is 10.8 Å². The van der Waals surface area contributed by atoms with Gasteiger partial charge in [0.15, 0.2) is 0 Å². The maximum atomic E-state index is 13.5. The topological polar surface area (TPSA) is 92.7 Å². The molecule has 2 aromatic rings. The minimum atomic E-state index is -0.932. The van der Waals surface area contributed by atoms with Gasteiger partial charge in [0.05, 0.1) is 24.5 Å². The molecular weight excluding hydrogens is 438 g/mol. The molecule has 4 rings (SSSR count). The molecule has 0 saturated heterocycles. The van der Waals surface area contributed by atoms with E-state index in [9.17, 15) is 19.5 Å². The van der Waals surface area contributed by atoms with Crippen molar-refractivity contribution in [1.29, 1.82) is 0 Å². The first kappa shape index (κ1) is 23.2. The average Bonchev–Trinajstić information content (AvgIpc) is 3.50. The molecule has 1 aromatic carbocycles. The molecule has 0 unspecified atom stereocenters. The van der Waals surface area contributed by atoms with Crippen LogP contribution in [-0.4, -0.2) is 30.1 Å². The lowest BCUT2D eigenvalue weighted by Gasteiger charge is -2.26. The highest BCUT2D eigenvalue weighted by Crippen LogP contribution is 2.57. The molecule has 7 heteroatoms. The van der Waals surface area contributed by atoms with Crippen LogP contribution in [0.25, 0.3) is 0 Å². The van der Waals surface area contributed by atoms with Gasteiger partial charge in [-0.3, -0.25) is 9.59 Å². The normalized spacial score (nSPS) is 24.4. The summed E-state index contributed by atoms with van der Waals surface area (Å²) in [7, 11) is 1.31. The summed E-state index contributed by atoms with van der Waals surface area (Å²) in [6.45, 7) is 6.03. The zero-order chi connectivity index (χ0) is 23.9. The molecule has 2 saturated carbocycles. The highest BCUT2D eigenvalue weighted by molar-refractivity contribution is 7.16. The van der Waals surface area contributed by atoms with Gasteiger partial charge in [0.1, 0.15) is 5.00 Å². The van der Waals surface area contributed by atoms with Crippen molar-refractivity contribution in [3.05, 3.63) is 63.5 Å². The summed E-state index contributed by atoms with van der Waals surface area (Å²) in [5.41, 5.74) is 3.63. The van der Waals surface area contributed by atoms with Gasteiger partial charge in [0.25, 0.3) is 0 Å². The molecule has 1 aromatic heterocycles. The molecule has 0 aliphatic heterocycles. The van der Waals surface area contributed by atoms with Gasteiger partial charge < -0.3 is 15.2 Å². The molecular formula is C26H29NO5S.